The highest BCUT2D eigenvalue weighted by atomic mass is 16.3. The van der Waals surface area contributed by atoms with Gasteiger partial charge in [-0.25, -0.2) is 0 Å². The zero-order valence-corrected chi connectivity index (χ0v) is 17.3. The molecule has 3 heteroatoms. The van der Waals surface area contributed by atoms with Crippen LogP contribution in [0.5, 0.6) is 0 Å². The molecular formula is C23H43NO2. The van der Waals surface area contributed by atoms with Crippen molar-refractivity contribution in [2.24, 2.45) is 0 Å². The first-order valence-electron chi connectivity index (χ1n) is 11.3. The van der Waals surface area contributed by atoms with E-state index in [1.165, 1.54) is 70.6 Å². The summed E-state index contributed by atoms with van der Waals surface area (Å²) >= 11 is 0. The predicted molar refractivity (Wildman–Crippen MR) is 111 cm³/mol. The fraction of sp³-hybridized carbons (Fsp3) is 0.870. The molecule has 1 rings (SSSR count). The van der Waals surface area contributed by atoms with E-state index in [1.807, 2.05) is 4.90 Å². The lowest BCUT2D eigenvalue weighted by molar-refractivity contribution is -0.132. The van der Waals surface area contributed by atoms with E-state index in [-0.39, 0.29) is 18.6 Å². The van der Waals surface area contributed by atoms with Gasteiger partial charge in [-0.3, -0.25) is 4.79 Å². The van der Waals surface area contributed by atoms with E-state index in [9.17, 15) is 9.90 Å². The van der Waals surface area contributed by atoms with Crippen molar-refractivity contribution < 1.29 is 9.90 Å². The van der Waals surface area contributed by atoms with Crippen molar-refractivity contribution >= 4 is 5.91 Å². The molecule has 1 amide bonds. The van der Waals surface area contributed by atoms with Crippen LogP contribution in [0.4, 0.5) is 0 Å². The highest BCUT2D eigenvalue weighted by Crippen LogP contribution is 2.19. The third-order valence-electron chi connectivity index (χ3n) is 5.56. The number of carbonyl (C=O) groups is 1. The molecule has 1 saturated heterocycles. The highest BCUT2D eigenvalue weighted by Gasteiger charge is 2.27. The van der Waals surface area contributed by atoms with Gasteiger partial charge in [-0.2, -0.15) is 0 Å². The van der Waals surface area contributed by atoms with Crippen molar-refractivity contribution in [2.75, 3.05) is 13.2 Å². The Bertz CT molecular complexity index is 367. The second-order valence-corrected chi connectivity index (χ2v) is 7.90. The van der Waals surface area contributed by atoms with Gasteiger partial charge in [0, 0.05) is 13.0 Å². The van der Waals surface area contributed by atoms with Crippen LogP contribution >= 0.6 is 0 Å². The molecule has 1 N–H and O–H groups in total. The molecule has 0 bridgehead atoms. The van der Waals surface area contributed by atoms with Crippen LogP contribution in [-0.2, 0) is 4.79 Å². The van der Waals surface area contributed by atoms with E-state index in [0.29, 0.717) is 6.42 Å². The van der Waals surface area contributed by atoms with E-state index >= 15 is 0 Å². The smallest absolute Gasteiger partial charge is 0.222 e. The average Bonchev–Trinajstić information content (AvgIpc) is 3.13. The maximum atomic E-state index is 12.2. The molecule has 1 aliphatic heterocycles. The van der Waals surface area contributed by atoms with Crippen molar-refractivity contribution in [2.45, 2.75) is 116 Å². The summed E-state index contributed by atoms with van der Waals surface area (Å²) in [5.74, 6) is 0.249. The molecule has 1 fully saturated rings. The van der Waals surface area contributed by atoms with E-state index in [0.717, 1.165) is 32.2 Å². The SMILES string of the molecule is CCCCCCCCC=CCCCCCCCC(=O)N1CCCC1CO. The number of nitrogens with zero attached hydrogens (tertiary/aromatic N) is 1. The average molecular weight is 366 g/mol. The number of likely N-dealkylation sites (tertiary alicyclic amines) is 1. The Morgan fingerprint density at radius 1 is 0.923 bits per heavy atom. The van der Waals surface area contributed by atoms with Crippen LogP contribution in [0.1, 0.15) is 110 Å². The number of rotatable bonds is 16. The van der Waals surface area contributed by atoms with E-state index in [1.54, 1.807) is 0 Å². The van der Waals surface area contributed by atoms with Gasteiger partial charge in [-0.15, -0.1) is 0 Å². The Morgan fingerprint density at radius 2 is 1.50 bits per heavy atom. The number of amides is 1. The molecule has 0 aromatic rings. The topological polar surface area (TPSA) is 40.5 Å². The van der Waals surface area contributed by atoms with Gasteiger partial charge in [0.25, 0.3) is 0 Å². The molecule has 26 heavy (non-hydrogen) atoms. The molecule has 0 radical (unpaired) electrons. The van der Waals surface area contributed by atoms with Crippen LogP contribution in [0, 0.1) is 0 Å². The van der Waals surface area contributed by atoms with Crippen LogP contribution in [-0.4, -0.2) is 35.1 Å². The van der Waals surface area contributed by atoms with E-state index in [4.69, 9.17) is 0 Å². The van der Waals surface area contributed by atoms with Crippen molar-refractivity contribution in [3.05, 3.63) is 12.2 Å². The molecule has 0 aromatic heterocycles. The van der Waals surface area contributed by atoms with Gasteiger partial charge in [0.1, 0.15) is 0 Å². The first kappa shape index (κ1) is 23.2. The minimum atomic E-state index is 0.0885. The molecule has 1 heterocycles. The largest absolute Gasteiger partial charge is 0.394 e. The van der Waals surface area contributed by atoms with Gasteiger partial charge in [0.05, 0.1) is 12.6 Å². The summed E-state index contributed by atoms with van der Waals surface area (Å²) in [4.78, 5) is 14.1. The van der Waals surface area contributed by atoms with Gasteiger partial charge in [0.15, 0.2) is 0 Å². The Balaban J connectivity index is 1.84. The quantitative estimate of drug-likeness (QED) is 0.269. The maximum absolute atomic E-state index is 12.2. The molecule has 1 aliphatic rings. The summed E-state index contributed by atoms with van der Waals surface area (Å²) < 4.78 is 0. The van der Waals surface area contributed by atoms with Crippen molar-refractivity contribution in [1.82, 2.24) is 4.90 Å². The first-order valence-corrected chi connectivity index (χ1v) is 11.3. The molecule has 0 saturated carbocycles. The van der Waals surface area contributed by atoms with Crippen LogP contribution < -0.4 is 0 Å². The van der Waals surface area contributed by atoms with Crippen LogP contribution in [0.15, 0.2) is 12.2 Å². The molecule has 0 aliphatic carbocycles. The summed E-state index contributed by atoms with van der Waals surface area (Å²) in [7, 11) is 0. The normalized spacial score (nSPS) is 17.5. The lowest BCUT2D eigenvalue weighted by Crippen LogP contribution is -2.37. The van der Waals surface area contributed by atoms with Gasteiger partial charge >= 0.3 is 0 Å². The minimum Gasteiger partial charge on any atom is -0.394 e. The fourth-order valence-corrected chi connectivity index (χ4v) is 3.84. The molecule has 0 aromatic carbocycles. The molecule has 1 atom stereocenters. The standard InChI is InChI=1S/C23H43NO2/c1-2-3-4-5-6-7-8-9-10-11-12-13-14-15-16-19-23(26)24-20-17-18-22(24)21-25/h9-10,22,25H,2-8,11-21H2,1H3. The number of hydrogen-bond donors (Lipinski definition) is 1. The number of unbranched alkanes of at least 4 members (excludes halogenated alkanes) is 11. The van der Waals surface area contributed by atoms with Crippen molar-refractivity contribution in [3.8, 4) is 0 Å². The van der Waals surface area contributed by atoms with Crippen molar-refractivity contribution in [3.63, 3.8) is 0 Å². The highest BCUT2D eigenvalue weighted by molar-refractivity contribution is 5.76. The summed E-state index contributed by atoms with van der Waals surface area (Å²) in [6.07, 6.45) is 24.1. The van der Waals surface area contributed by atoms with Gasteiger partial charge in [-0.1, -0.05) is 70.4 Å². The Hall–Kier alpha value is -0.830. The Kier molecular flexibility index (Phi) is 14.6. The third kappa shape index (κ3) is 11.0. The fourth-order valence-electron chi connectivity index (χ4n) is 3.84. The lowest BCUT2D eigenvalue weighted by atomic mass is 10.1. The second-order valence-electron chi connectivity index (χ2n) is 7.90. The number of allylic oxidation sites excluding steroid dienone is 2. The zero-order chi connectivity index (χ0) is 18.9. The van der Waals surface area contributed by atoms with Crippen LogP contribution in [0.3, 0.4) is 0 Å². The molecule has 152 valence electrons. The Morgan fingerprint density at radius 3 is 2.12 bits per heavy atom. The van der Waals surface area contributed by atoms with Crippen molar-refractivity contribution in [1.29, 1.82) is 0 Å². The van der Waals surface area contributed by atoms with Crippen LogP contribution in [0.2, 0.25) is 0 Å². The zero-order valence-electron chi connectivity index (χ0n) is 17.3. The number of aliphatic hydroxyl groups excluding tert-OH is 1. The lowest BCUT2D eigenvalue weighted by Gasteiger charge is -2.22. The predicted octanol–water partition coefficient (Wildman–Crippen LogP) is 6.01. The summed E-state index contributed by atoms with van der Waals surface area (Å²) in [5.41, 5.74) is 0. The van der Waals surface area contributed by atoms with Gasteiger partial charge < -0.3 is 10.0 Å². The Labute approximate surface area is 162 Å². The summed E-state index contributed by atoms with van der Waals surface area (Å²) in [6.45, 7) is 3.23. The number of aliphatic hydroxyl groups is 1. The minimum absolute atomic E-state index is 0.0885. The van der Waals surface area contributed by atoms with Gasteiger partial charge in [-0.05, 0) is 44.9 Å². The van der Waals surface area contributed by atoms with E-state index in [2.05, 4.69) is 19.1 Å². The van der Waals surface area contributed by atoms with E-state index < -0.39 is 0 Å². The second kappa shape index (κ2) is 16.4. The molecule has 0 spiro atoms. The molecular weight excluding hydrogens is 322 g/mol. The summed E-state index contributed by atoms with van der Waals surface area (Å²) in [6, 6.07) is 0.0885. The maximum Gasteiger partial charge on any atom is 0.222 e. The number of carbonyl (C=O) groups excluding carboxylic acids is 1. The van der Waals surface area contributed by atoms with Gasteiger partial charge in [0.2, 0.25) is 5.91 Å². The number of hydrogen-bond acceptors (Lipinski definition) is 2. The molecule has 1 unspecified atom stereocenters. The summed E-state index contributed by atoms with van der Waals surface area (Å²) in [5, 5.41) is 9.29. The van der Waals surface area contributed by atoms with Crippen LogP contribution in [0.25, 0.3) is 0 Å². The molecule has 3 nitrogen and oxygen atoms in total. The third-order valence-corrected chi connectivity index (χ3v) is 5.56. The monoisotopic (exact) mass is 365 g/mol. The first-order chi connectivity index (χ1) is 12.8.